The Hall–Kier alpha value is -2.92. The fraction of sp³-hybridized carbons (Fsp3) is 0.250. The number of ether oxygens (including phenoxy) is 1. The molecule has 158 valence electrons. The van der Waals surface area contributed by atoms with Crippen molar-refractivity contribution in [2.24, 2.45) is 5.41 Å². The van der Waals surface area contributed by atoms with Crippen LogP contribution in [0.15, 0.2) is 60.7 Å². The average molecular weight is 429 g/mol. The van der Waals surface area contributed by atoms with E-state index in [1.165, 1.54) is 12.1 Å². The van der Waals surface area contributed by atoms with Crippen molar-refractivity contribution in [3.63, 3.8) is 0 Å². The number of carbonyl (C=O) groups excluding carboxylic acids is 1. The Bertz CT molecular complexity index is 982. The highest BCUT2D eigenvalue weighted by molar-refractivity contribution is 6.31. The lowest BCUT2D eigenvalue weighted by Gasteiger charge is -2.17. The molecular formula is C24H26ClFN2O2. The summed E-state index contributed by atoms with van der Waals surface area (Å²) in [5.74, 6) is 1.09. The fourth-order valence-corrected chi connectivity index (χ4v) is 2.55. The Morgan fingerprint density at radius 1 is 0.967 bits per heavy atom. The SMILES string of the molecule is CC.CC(C)(C)C(=O)Nc1cc(Cl)cc(-c2ccc(Oc3ccc(F)cc3)cc2)n1. The topological polar surface area (TPSA) is 51.2 Å². The van der Waals surface area contributed by atoms with Gasteiger partial charge in [0.05, 0.1) is 5.69 Å². The Morgan fingerprint density at radius 2 is 1.50 bits per heavy atom. The van der Waals surface area contributed by atoms with Crippen LogP contribution in [0.25, 0.3) is 11.3 Å². The van der Waals surface area contributed by atoms with Crippen LogP contribution in [0.2, 0.25) is 5.02 Å². The summed E-state index contributed by atoms with van der Waals surface area (Å²) in [6, 6.07) is 16.4. The third-order valence-corrected chi connectivity index (χ3v) is 4.13. The predicted molar refractivity (Wildman–Crippen MR) is 121 cm³/mol. The molecule has 0 saturated carbocycles. The molecule has 0 unspecified atom stereocenters. The number of nitrogens with zero attached hydrogens (tertiary/aromatic N) is 1. The third-order valence-electron chi connectivity index (χ3n) is 3.91. The van der Waals surface area contributed by atoms with E-state index in [9.17, 15) is 9.18 Å². The largest absolute Gasteiger partial charge is 0.457 e. The molecule has 3 aromatic rings. The van der Waals surface area contributed by atoms with Gasteiger partial charge in [-0.15, -0.1) is 0 Å². The van der Waals surface area contributed by atoms with Gasteiger partial charge in [0.1, 0.15) is 23.1 Å². The quantitative estimate of drug-likeness (QED) is 0.472. The van der Waals surface area contributed by atoms with E-state index in [1.807, 2.05) is 46.8 Å². The highest BCUT2D eigenvalue weighted by Gasteiger charge is 2.22. The Kier molecular flexibility index (Phi) is 7.95. The summed E-state index contributed by atoms with van der Waals surface area (Å²) in [7, 11) is 0. The summed E-state index contributed by atoms with van der Waals surface area (Å²) in [6.45, 7) is 9.48. The van der Waals surface area contributed by atoms with Crippen LogP contribution >= 0.6 is 11.6 Å². The van der Waals surface area contributed by atoms with Gasteiger partial charge in [-0.05, 0) is 60.7 Å². The first-order chi connectivity index (χ1) is 14.2. The number of benzene rings is 2. The van der Waals surface area contributed by atoms with Gasteiger partial charge in [0, 0.05) is 16.0 Å². The van der Waals surface area contributed by atoms with Crippen molar-refractivity contribution >= 4 is 23.3 Å². The average Bonchev–Trinajstić information content (AvgIpc) is 2.71. The lowest BCUT2D eigenvalue weighted by molar-refractivity contribution is -0.123. The minimum absolute atomic E-state index is 0.142. The summed E-state index contributed by atoms with van der Waals surface area (Å²) >= 11 is 6.20. The molecule has 0 bridgehead atoms. The second kappa shape index (κ2) is 10.2. The number of rotatable bonds is 4. The Labute approximate surface area is 182 Å². The summed E-state index contributed by atoms with van der Waals surface area (Å²) < 4.78 is 18.7. The molecule has 2 aromatic carbocycles. The monoisotopic (exact) mass is 428 g/mol. The van der Waals surface area contributed by atoms with Crippen molar-refractivity contribution in [3.8, 4) is 22.8 Å². The second-order valence-corrected chi connectivity index (χ2v) is 7.78. The molecule has 1 aromatic heterocycles. The van der Waals surface area contributed by atoms with Crippen molar-refractivity contribution in [2.75, 3.05) is 5.32 Å². The zero-order valence-corrected chi connectivity index (χ0v) is 18.5. The maximum atomic E-state index is 13.0. The first-order valence-electron chi connectivity index (χ1n) is 9.73. The van der Waals surface area contributed by atoms with Gasteiger partial charge < -0.3 is 10.1 Å². The maximum absolute atomic E-state index is 13.0. The molecular weight excluding hydrogens is 403 g/mol. The molecule has 0 radical (unpaired) electrons. The summed E-state index contributed by atoms with van der Waals surface area (Å²) in [5, 5.41) is 3.26. The van der Waals surface area contributed by atoms with E-state index in [0.717, 1.165) is 5.56 Å². The predicted octanol–water partition coefficient (Wildman–Crippen LogP) is 7.34. The Morgan fingerprint density at radius 3 is 2.03 bits per heavy atom. The molecule has 0 aliphatic heterocycles. The number of amides is 1. The van der Waals surface area contributed by atoms with Crippen LogP contribution in [0.4, 0.5) is 10.2 Å². The number of hydrogen-bond acceptors (Lipinski definition) is 3. The molecule has 0 spiro atoms. The highest BCUT2D eigenvalue weighted by atomic mass is 35.5. The number of carbonyl (C=O) groups is 1. The van der Waals surface area contributed by atoms with Gasteiger partial charge in [-0.2, -0.15) is 0 Å². The van der Waals surface area contributed by atoms with Gasteiger partial charge in [-0.25, -0.2) is 9.37 Å². The second-order valence-electron chi connectivity index (χ2n) is 7.34. The van der Waals surface area contributed by atoms with E-state index >= 15 is 0 Å². The molecule has 3 rings (SSSR count). The van der Waals surface area contributed by atoms with Crippen LogP contribution in [0.3, 0.4) is 0 Å². The van der Waals surface area contributed by atoms with E-state index in [0.29, 0.717) is 28.0 Å². The molecule has 1 heterocycles. The number of aromatic nitrogens is 1. The van der Waals surface area contributed by atoms with Gasteiger partial charge in [0.25, 0.3) is 0 Å². The van der Waals surface area contributed by atoms with Crippen LogP contribution in [-0.2, 0) is 4.79 Å². The molecule has 0 aliphatic carbocycles. The van der Waals surface area contributed by atoms with Crippen molar-refractivity contribution in [3.05, 3.63) is 71.5 Å². The first kappa shape index (κ1) is 23.4. The van der Waals surface area contributed by atoms with Gasteiger partial charge in [-0.1, -0.05) is 46.2 Å². The van der Waals surface area contributed by atoms with Gasteiger partial charge in [0.2, 0.25) is 5.91 Å². The van der Waals surface area contributed by atoms with Crippen molar-refractivity contribution in [2.45, 2.75) is 34.6 Å². The smallest absolute Gasteiger partial charge is 0.230 e. The lowest BCUT2D eigenvalue weighted by atomic mass is 9.96. The van der Waals surface area contributed by atoms with Crippen LogP contribution in [0.5, 0.6) is 11.5 Å². The molecule has 1 amide bonds. The minimum atomic E-state index is -0.538. The van der Waals surface area contributed by atoms with Crippen LogP contribution in [-0.4, -0.2) is 10.9 Å². The lowest BCUT2D eigenvalue weighted by Crippen LogP contribution is -2.28. The zero-order valence-electron chi connectivity index (χ0n) is 17.8. The van der Waals surface area contributed by atoms with Crippen LogP contribution < -0.4 is 10.1 Å². The molecule has 4 nitrogen and oxygen atoms in total. The number of halogens is 2. The highest BCUT2D eigenvalue weighted by Crippen LogP contribution is 2.28. The zero-order chi connectivity index (χ0) is 22.3. The van der Waals surface area contributed by atoms with Gasteiger partial charge in [0.15, 0.2) is 0 Å². The summed E-state index contributed by atoms with van der Waals surface area (Å²) in [5.41, 5.74) is 0.911. The maximum Gasteiger partial charge on any atom is 0.230 e. The fourth-order valence-electron chi connectivity index (χ4n) is 2.35. The molecule has 0 saturated heterocycles. The van der Waals surface area contributed by atoms with Gasteiger partial charge >= 0.3 is 0 Å². The summed E-state index contributed by atoms with van der Waals surface area (Å²) in [6.07, 6.45) is 0. The standard InChI is InChI=1S/C22H20ClFN2O2.C2H6/c1-22(2,3)21(27)26-20-13-15(23)12-19(25-20)14-4-8-17(9-5-14)28-18-10-6-16(24)7-11-18;1-2/h4-13H,1-3H3,(H,25,26,27);1-2H3. The van der Waals surface area contributed by atoms with E-state index in [-0.39, 0.29) is 11.7 Å². The Balaban J connectivity index is 0.00000155. The number of anilines is 1. The normalized spacial score (nSPS) is 10.6. The van der Waals surface area contributed by atoms with E-state index in [2.05, 4.69) is 10.3 Å². The van der Waals surface area contributed by atoms with Crippen molar-refractivity contribution < 1.29 is 13.9 Å². The van der Waals surface area contributed by atoms with Crippen LogP contribution in [0.1, 0.15) is 34.6 Å². The number of pyridine rings is 1. The first-order valence-corrected chi connectivity index (χ1v) is 10.1. The molecule has 0 aliphatic rings. The van der Waals surface area contributed by atoms with E-state index in [4.69, 9.17) is 16.3 Å². The minimum Gasteiger partial charge on any atom is -0.457 e. The molecule has 6 heteroatoms. The summed E-state index contributed by atoms with van der Waals surface area (Å²) in [4.78, 5) is 16.7. The third kappa shape index (κ3) is 6.56. The molecule has 0 fully saturated rings. The van der Waals surface area contributed by atoms with Crippen LogP contribution in [0, 0.1) is 11.2 Å². The van der Waals surface area contributed by atoms with E-state index < -0.39 is 5.41 Å². The molecule has 0 atom stereocenters. The number of nitrogens with one attached hydrogen (secondary N) is 1. The molecule has 30 heavy (non-hydrogen) atoms. The van der Waals surface area contributed by atoms with E-state index in [1.54, 1.807) is 36.4 Å². The van der Waals surface area contributed by atoms with Crippen molar-refractivity contribution in [1.29, 1.82) is 0 Å². The van der Waals surface area contributed by atoms with Crippen molar-refractivity contribution in [1.82, 2.24) is 4.98 Å². The van der Waals surface area contributed by atoms with Gasteiger partial charge in [-0.3, -0.25) is 4.79 Å². The number of hydrogen-bond donors (Lipinski definition) is 1. The molecule has 1 N–H and O–H groups in total.